The van der Waals surface area contributed by atoms with Gasteiger partial charge in [0.05, 0.1) is 12.5 Å². The van der Waals surface area contributed by atoms with Crippen molar-refractivity contribution >= 4 is 30.4 Å². The largest absolute Gasteiger partial charge is 0.534 e. The molecule has 0 aliphatic carbocycles. The maximum atomic E-state index is 12.6. The van der Waals surface area contributed by atoms with E-state index in [2.05, 4.69) is 12.5 Å². The van der Waals surface area contributed by atoms with Gasteiger partial charge in [-0.25, -0.2) is 0 Å². The van der Waals surface area contributed by atoms with Crippen LogP contribution in [0.4, 0.5) is 13.2 Å². The highest BCUT2D eigenvalue weighted by Crippen LogP contribution is 2.37. The average Bonchev–Trinajstić information content (AvgIpc) is 2.53. The normalized spacial score (nSPS) is 13.0. The van der Waals surface area contributed by atoms with Crippen molar-refractivity contribution in [3.05, 3.63) is 42.5 Å². The zero-order chi connectivity index (χ0) is 23.0. The summed E-state index contributed by atoms with van der Waals surface area (Å²) in [5.41, 5.74) is -5.21. The predicted molar refractivity (Wildman–Crippen MR) is 98.4 cm³/mol. The summed E-state index contributed by atoms with van der Waals surface area (Å²) < 4.78 is 118. The molecule has 0 radical (unpaired) electrons. The van der Waals surface area contributed by atoms with E-state index in [1.165, 1.54) is 24.3 Å². The van der Waals surface area contributed by atoms with Crippen LogP contribution in [0.5, 0.6) is 17.2 Å². The van der Waals surface area contributed by atoms with Gasteiger partial charge >= 0.3 is 35.9 Å². The number of hydrogen-bond acceptors (Lipinski definition) is 9. The van der Waals surface area contributed by atoms with E-state index in [1.54, 1.807) is 0 Å². The molecule has 0 spiro atoms. The zero-order valence-corrected chi connectivity index (χ0v) is 17.5. The fraction of sp³-hybridized carbons (Fsp3) is 0.200. The lowest BCUT2D eigenvalue weighted by molar-refractivity contribution is -0.0500. The van der Waals surface area contributed by atoms with Crippen molar-refractivity contribution in [2.45, 2.75) is 5.51 Å². The summed E-state index contributed by atoms with van der Waals surface area (Å²) in [5, 5.41) is 0. The van der Waals surface area contributed by atoms with Crippen LogP contribution in [0.25, 0.3) is 11.1 Å². The van der Waals surface area contributed by atoms with Gasteiger partial charge < -0.3 is 12.5 Å². The van der Waals surface area contributed by atoms with E-state index < -0.39 is 47.4 Å². The first-order chi connectivity index (χ1) is 13.5. The highest BCUT2D eigenvalue weighted by Gasteiger charge is 2.49. The molecule has 0 bridgehead atoms. The number of rotatable bonds is 7. The summed E-state index contributed by atoms with van der Waals surface area (Å²) in [5.74, 6) is -1.83. The number of benzene rings is 2. The fourth-order valence-electron chi connectivity index (χ4n) is 2.03. The van der Waals surface area contributed by atoms with Gasteiger partial charge in [0, 0.05) is 0 Å². The van der Waals surface area contributed by atoms with E-state index in [0.717, 1.165) is 24.5 Å². The highest BCUT2D eigenvalue weighted by atomic mass is 32.2. The second kappa shape index (κ2) is 7.96. The molecule has 0 aliphatic rings. The molecule has 0 N–H and O–H groups in total. The van der Waals surface area contributed by atoms with Crippen LogP contribution in [-0.4, -0.2) is 43.3 Å². The van der Waals surface area contributed by atoms with E-state index in [-0.39, 0.29) is 11.3 Å². The van der Waals surface area contributed by atoms with Crippen molar-refractivity contribution in [2.24, 2.45) is 0 Å². The Hall–Kier alpha value is -2.52. The van der Waals surface area contributed by atoms with Gasteiger partial charge in [0.1, 0.15) is 5.75 Å². The second-order valence-corrected chi connectivity index (χ2v) is 10.4. The van der Waals surface area contributed by atoms with Gasteiger partial charge in [0.25, 0.3) is 0 Å². The van der Waals surface area contributed by atoms with Gasteiger partial charge in [0.15, 0.2) is 11.5 Å². The fourth-order valence-corrected chi connectivity index (χ4v) is 3.41. The predicted octanol–water partition coefficient (Wildman–Crippen LogP) is 2.26. The van der Waals surface area contributed by atoms with Crippen LogP contribution >= 0.6 is 0 Å². The smallest absolute Gasteiger partial charge is 0.383 e. The van der Waals surface area contributed by atoms with Gasteiger partial charge in [-0.05, 0) is 35.4 Å². The van der Waals surface area contributed by atoms with Crippen molar-refractivity contribution in [1.82, 2.24) is 0 Å². The Kier molecular flexibility index (Phi) is 6.30. The lowest BCUT2D eigenvalue weighted by Crippen LogP contribution is -2.28. The zero-order valence-electron chi connectivity index (χ0n) is 15.1. The van der Waals surface area contributed by atoms with E-state index in [1.807, 2.05) is 0 Å². The lowest BCUT2D eigenvalue weighted by atomic mass is 10.1. The van der Waals surface area contributed by atoms with Gasteiger partial charge in [-0.1, -0.05) is 18.2 Å². The van der Waals surface area contributed by atoms with E-state index in [0.29, 0.717) is 11.8 Å². The summed E-state index contributed by atoms with van der Waals surface area (Å²) in [6, 6.07) is 8.13. The summed E-state index contributed by atoms with van der Waals surface area (Å²) >= 11 is 0. The van der Waals surface area contributed by atoms with Crippen LogP contribution in [-0.2, 0) is 30.4 Å². The summed E-state index contributed by atoms with van der Waals surface area (Å²) in [4.78, 5) is 0. The van der Waals surface area contributed by atoms with E-state index >= 15 is 0 Å². The van der Waals surface area contributed by atoms with Crippen molar-refractivity contribution in [1.29, 1.82) is 0 Å². The summed E-state index contributed by atoms with van der Waals surface area (Å²) in [6.45, 7) is 0. The third-order valence-electron chi connectivity index (χ3n) is 3.10. The molecule has 2 aromatic rings. The second-order valence-electron chi connectivity index (χ2n) is 5.74. The van der Waals surface area contributed by atoms with Crippen LogP contribution in [0.2, 0.25) is 0 Å². The van der Waals surface area contributed by atoms with E-state index in [9.17, 15) is 38.4 Å². The topological polar surface area (TPSA) is 130 Å². The Morgan fingerprint density at radius 2 is 1.17 bits per heavy atom. The minimum atomic E-state index is -6.08. The minimum Gasteiger partial charge on any atom is -0.383 e. The molecule has 166 valence electrons. The van der Waals surface area contributed by atoms with Crippen molar-refractivity contribution in [3.8, 4) is 28.4 Å². The summed E-state index contributed by atoms with van der Waals surface area (Å²) in [6.07, 6.45) is 1.43. The molecule has 2 rings (SSSR count). The first-order valence-electron chi connectivity index (χ1n) is 7.51. The third kappa shape index (κ3) is 6.50. The Morgan fingerprint density at radius 1 is 0.667 bits per heavy atom. The van der Waals surface area contributed by atoms with E-state index in [4.69, 9.17) is 0 Å². The minimum absolute atomic E-state index is 0.0231. The maximum absolute atomic E-state index is 12.6. The number of hydrogen-bond donors (Lipinski definition) is 0. The number of halogens is 3. The van der Waals surface area contributed by atoms with Crippen molar-refractivity contribution in [3.63, 3.8) is 0 Å². The highest BCUT2D eigenvalue weighted by molar-refractivity contribution is 7.88. The van der Waals surface area contributed by atoms with Gasteiger partial charge in [-0.2, -0.15) is 38.4 Å². The molecule has 0 amide bonds. The van der Waals surface area contributed by atoms with Crippen LogP contribution in [0.1, 0.15) is 0 Å². The van der Waals surface area contributed by atoms with Crippen LogP contribution in [0.3, 0.4) is 0 Å². The van der Waals surface area contributed by atoms with Crippen LogP contribution in [0, 0.1) is 0 Å². The first-order valence-corrected chi connectivity index (χ1v) is 12.6. The molecule has 0 atom stereocenters. The lowest BCUT2D eigenvalue weighted by Gasteiger charge is -2.14. The Labute approximate surface area is 170 Å². The Morgan fingerprint density at radius 3 is 1.63 bits per heavy atom. The molecule has 9 nitrogen and oxygen atoms in total. The molecule has 0 saturated carbocycles. The molecule has 0 unspecified atom stereocenters. The molecule has 0 saturated heterocycles. The van der Waals surface area contributed by atoms with Gasteiger partial charge in [-0.15, -0.1) is 0 Å². The van der Waals surface area contributed by atoms with Crippen molar-refractivity contribution < 1.29 is 51.0 Å². The molecule has 15 heteroatoms. The SMILES string of the molecule is CS(=O)(=O)Oc1ccc(-c2ccc(OS(=O)(=O)C(F)(F)F)c(OS(C)(=O)=O)c2)cc1. The molecule has 2 aromatic carbocycles. The third-order valence-corrected chi connectivity index (χ3v) is 5.05. The van der Waals surface area contributed by atoms with Crippen LogP contribution in [0.15, 0.2) is 42.5 Å². The molecule has 0 fully saturated rings. The molecule has 0 heterocycles. The Balaban J connectivity index is 2.48. The van der Waals surface area contributed by atoms with Gasteiger partial charge in [0.2, 0.25) is 0 Å². The van der Waals surface area contributed by atoms with Crippen molar-refractivity contribution in [2.75, 3.05) is 12.5 Å². The first kappa shape index (κ1) is 23.8. The molecule has 0 aromatic heterocycles. The standard InChI is InChI=1S/C15H13F3O9S3/c1-28(19,20)25-12-6-3-10(4-7-12)11-5-8-13(14(9-11)26-29(2,21)22)27-30(23,24)15(16,17)18/h3-9H,1-2H3. The maximum Gasteiger partial charge on any atom is 0.534 e. The average molecular weight is 490 g/mol. The Bertz CT molecular complexity index is 1250. The quantitative estimate of drug-likeness (QED) is 0.424. The molecule has 30 heavy (non-hydrogen) atoms. The van der Waals surface area contributed by atoms with Gasteiger partial charge in [-0.3, -0.25) is 0 Å². The molecule has 0 aliphatic heterocycles. The summed E-state index contributed by atoms with van der Waals surface area (Å²) in [7, 11) is -14.1. The number of alkyl halides is 3. The monoisotopic (exact) mass is 490 g/mol. The molecular weight excluding hydrogens is 477 g/mol. The molecular formula is C15H13F3O9S3. The van der Waals surface area contributed by atoms with Crippen LogP contribution < -0.4 is 12.5 Å².